The van der Waals surface area contributed by atoms with Crippen LogP contribution in [0, 0.1) is 0 Å². The minimum atomic E-state index is -0.567. The lowest BCUT2D eigenvalue weighted by atomic mass is 10.2. The van der Waals surface area contributed by atoms with E-state index in [4.69, 9.17) is 0 Å². The fraction of sp³-hybridized carbons (Fsp3) is 0.211. The Balaban J connectivity index is 2.03. The zero-order valence-electron chi connectivity index (χ0n) is 15.5. The molecule has 0 atom stereocenters. The number of hydrogen-bond donors (Lipinski definition) is 2. The van der Waals surface area contributed by atoms with Crippen LogP contribution in [0.4, 0.5) is 5.82 Å². The SMILES string of the molecule is CCN(CC)C(=O)c1cnn(-c2ccccc2)c1NC(=O)c1ccc(=O)[nH]n1. The van der Waals surface area contributed by atoms with E-state index in [1.54, 1.807) is 4.90 Å². The largest absolute Gasteiger partial charge is 0.339 e. The van der Waals surface area contributed by atoms with E-state index in [1.165, 1.54) is 23.0 Å². The minimum Gasteiger partial charge on any atom is -0.339 e. The number of nitrogens with zero attached hydrogens (tertiary/aromatic N) is 4. The van der Waals surface area contributed by atoms with E-state index in [-0.39, 0.29) is 23.0 Å². The summed E-state index contributed by atoms with van der Waals surface area (Å²) in [5.41, 5.74) is 0.557. The van der Waals surface area contributed by atoms with Crippen LogP contribution in [0.15, 0.2) is 53.5 Å². The van der Waals surface area contributed by atoms with Gasteiger partial charge in [-0.1, -0.05) is 18.2 Å². The van der Waals surface area contributed by atoms with Crippen LogP contribution in [0.2, 0.25) is 0 Å². The number of para-hydroxylation sites is 1. The molecule has 0 radical (unpaired) electrons. The van der Waals surface area contributed by atoms with Crippen molar-refractivity contribution in [3.63, 3.8) is 0 Å². The molecule has 0 aliphatic carbocycles. The third-order valence-corrected chi connectivity index (χ3v) is 4.19. The van der Waals surface area contributed by atoms with Crippen molar-refractivity contribution >= 4 is 17.6 Å². The summed E-state index contributed by atoms with van der Waals surface area (Å²) in [5, 5.41) is 12.9. The van der Waals surface area contributed by atoms with Crippen molar-refractivity contribution in [2.45, 2.75) is 13.8 Å². The number of aromatic amines is 1. The van der Waals surface area contributed by atoms with Crippen LogP contribution in [-0.4, -0.2) is 49.8 Å². The number of amides is 2. The zero-order chi connectivity index (χ0) is 20.1. The topological polar surface area (TPSA) is 113 Å². The second kappa shape index (κ2) is 8.30. The Bertz CT molecular complexity index is 1020. The first-order valence-corrected chi connectivity index (χ1v) is 8.85. The Morgan fingerprint density at radius 3 is 2.43 bits per heavy atom. The third kappa shape index (κ3) is 3.83. The van der Waals surface area contributed by atoms with Crippen molar-refractivity contribution in [1.29, 1.82) is 0 Å². The van der Waals surface area contributed by atoms with Crippen molar-refractivity contribution in [3.8, 4) is 5.69 Å². The van der Waals surface area contributed by atoms with Gasteiger partial charge in [-0.05, 0) is 32.0 Å². The zero-order valence-corrected chi connectivity index (χ0v) is 15.5. The van der Waals surface area contributed by atoms with Gasteiger partial charge in [0, 0.05) is 19.2 Å². The molecule has 2 heterocycles. The van der Waals surface area contributed by atoms with E-state index in [0.717, 1.165) is 0 Å². The molecule has 0 aliphatic heterocycles. The van der Waals surface area contributed by atoms with E-state index in [9.17, 15) is 14.4 Å². The van der Waals surface area contributed by atoms with Crippen LogP contribution in [-0.2, 0) is 0 Å². The van der Waals surface area contributed by atoms with E-state index in [0.29, 0.717) is 18.8 Å². The van der Waals surface area contributed by atoms with Gasteiger partial charge in [0.05, 0.1) is 11.9 Å². The van der Waals surface area contributed by atoms with Gasteiger partial charge in [0.2, 0.25) is 0 Å². The number of H-pyrrole nitrogens is 1. The Labute approximate surface area is 161 Å². The van der Waals surface area contributed by atoms with Crippen LogP contribution < -0.4 is 10.9 Å². The summed E-state index contributed by atoms with van der Waals surface area (Å²) in [6.07, 6.45) is 1.43. The highest BCUT2D eigenvalue weighted by Gasteiger charge is 2.24. The highest BCUT2D eigenvalue weighted by Crippen LogP contribution is 2.22. The summed E-state index contributed by atoms with van der Waals surface area (Å²) < 4.78 is 1.49. The molecule has 2 amide bonds. The molecule has 0 fully saturated rings. The van der Waals surface area contributed by atoms with E-state index >= 15 is 0 Å². The predicted octanol–water partition coefficient (Wildman–Crippen LogP) is 1.69. The van der Waals surface area contributed by atoms with Crippen molar-refractivity contribution in [2.75, 3.05) is 18.4 Å². The summed E-state index contributed by atoms with van der Waals surface area (Å²) >= 11 is 0. The smallest absolute Gasteiger partial charge is 0.277 e. The second-order valence-electron chi connectivity index (χ2n) is 5.89. The number of hydrogen-bond acceptors (Lipinski definition) is 5. The van der Waals surface area contributed by atoms with Crippen molar-refractivity contribution in [1.82, 2.24) is 24.9 Å². The number of nitrogens with one attached hydrogen (secondary N) is 2. The van der Waals surface area contributed by atoms with Gasteiger partial charge in [-0.25, -0.2) is 9.78 Å². The molecule has 3 aromatic rings. The molecular weight excluding hydrogens is 360 g/mol. The number of aromatic nitrogens is 4. The number of carbonyl (C=O) groups excluding carboxylic acids is 2. The Hall–Kier alpha value is -3.75. The van der Waals surface area contributed by atoms with Crippen LogP contribution in [0.1, 0.15) is 34.7 Å². The molecule has 0 unspecified atom stereocenters. The van der Waals surface area contributed by atoms with Gasteiger partial charge in [-0.3, -0.25) is 14.4 Å². The average molecular weight is 380 g/mol. The maximum absolute atomic E-state index is 12.9. The molecule has 0 saturated heterocycles. The molecule has 9 nitrogen and oxygen atoms in total. The normalized spacial score (nSPS) is 10.5. The lowest BCUT2D eigenvalue weighted by Crippen LogP contribution is -2.31. The molecule has 1 aromatic carbocycles. The van der Waals surface area contributed by atoms with Gasteiger partial charge < -0.3 is 10.2 Å². The van der Waals surface area contributed by atoms with E-state index < -0.39 is 11.5 Å². The Morgan fingerprint density at radius 1 is 1.11 bits per heavy atom. The molecular formula is C19H20N6O3. The first kappa shape index (κ1) is 19.0. The highest BCUT2D eigenvalue weighted by molar-refractivity contribution is 6.07. The molecule has 0 saturated carbocycles. The van der Waals surface area contributed by atoms with Gasteiger partial charge in [0.25, 0.3) is 17.4 Å². The Morgan fingerprint density at radius 2 is 1.82 bits per heavy atom. The number of benzene rings is 1. The fourth-order valence-corrected chi connectivity index (χ4v) is 2.71. The monoisotopic (exact) mass is 380 g/mol. The summed E-state index contributed by atoms with van der Waals surface area (Å²) in [7, 11) is 0. The summed E-state index contributed by atoms with van der Waals surface area (Å²) in [5.74, 6) is -0.569. The Kier molecular flexibility index (Phi) is 5.64. The lowest BCUT2D eigenvalue weighted by Gasteiger charge is -2.19. The lowest BCUT2D eigenvalue weighted by molar-refractivity contribution is 0.0774. The fourth-order valence-electron chi connectivity index (χ4n) is 2.71. The van der Waals surface area contributed by atoms with Gasteiger partial charge in [0.15, 0.2) is 0 Å². The molecule has 2 N–H and O–H groups in total. The van der Waals surface area contributed by atoms with Gasteiger partial charge in [0.1, 0.15) is 17.1 Å². The summed E-state index contributed by atoms with van der Waals surface area (Å²) in [6.45, 7) is 4.82. The molecule has 144 valence electrons. The first-order chi connectivity index (χ1) is 13.5. The number of anilines is 1. The van der Waals surface area contributed by atoms with Crippen molar-refractivity contribution < 1.29 is 9.59 Å². The van der Waals surface area contributed by atoms with Crippen LogP contribution in [0.5, 0.6) is 0 Å². The minimum absolute atomic E-state index is 0.0154. The molecule has 0 bridgehead atoms. The third-order valence-electron chi connectivity index (χ3n) is 4.19. The quantitative estimate of drug-likeness (QED) is 0.676. The second-order valence-corrected chi connectivity index (χ2v) is 5.89. The average Bonchev–Trinajstić information content (AvgIpc) is 3.13. The van der Waals surface area contributed by atoms with Gasteiger partial charge in [-0.15, -0.1) is 0 Å². The van der Waals surface area contributed by atoms with E-state index in [2.05, 4.69) is 20.6 Å². The standard InChI is InChI=1S/C19H20N6O3/c1-3-24(4-2)19(28)14-12-20-25(13-8-6-5-7-9-13)17(14)21-18(27)15-10-11-16(26)23-22-15/h5-12H,3-4H2,1-2H3,(H,21,27)(H,23,26). The number of carbonyl (C=O) groups is 2. The molecule has 0 spiro atoms. The molecule has 0 aliphatic rings. The molecule has 28 heavy (non-hydrogen) atoms. The molecule has 9 heteroatoms. The van der Waals surface area contributed by atoms with Crippen LogP contribution >= 0.6 is 0 Å². The van der Waals surface area contributed by atoms with Crippen molar-refractivity contribution in [2.24, 2.45) is 0 Å². The maximum Gasteiger partial charge on any atom is 0.277 e. The van der Waals surface area contributed by atoms with E-state index in [1.807, 2.05) is 44.2 Å². The molecule has 2 aromatic heterocycles. The summed E-state index contributed by atoms with van der Waals surface area (Å²) in [4.78, 5) is 38.3. The van der Waals surface area contributed by atoms with Gasteiger partial charge >= 0.3 is 0 Å². The number of rotatable bonds is 6. The first-order valence-electron chi connectivity index (χ1n) is 8.85. The summed E-state index contributed by atoms with van der Waals surface area (Å²) in [6, 6.07) is 11.7. The van der Waals surface area contributed by atoms with Crippen LogP contribution in [0.25, 0.3) is 5.69 Å². The van der Waals surface area contributed by atoms with Crippen molar-refractivity contribution in [3.05, 3.63) is 70.3 Å². The molecule has 3 rings (SSSR count). The maximum atomic E-state index is 12.9. The van der Waals surface area contributed by atoms with Gasteiger partial charge in [-0.2, -0.15) is 10.2 Å². The predicted molar refractivity (Wildman–Crippen MR) is 104 cm³/mol. The highest BCUT2D eigenvalue weighted by atomic mass is 16.2. The van der Waals surface area contributed by atoms with Crippen LogP contribution in [0.3, 0.4) is 0 Å².